The van der Waals surface area contributed by atoms with Gasteiger partial charge in [-0.1, -0.05) is 12.1 Å². The van der Waals surface area contributed by atoms with Gasteiger partial charge in [0.05, 0.1) is 11.6 Å². The molecule has 3 nitrogen and oxygen atoms in total. The molecule has 0 aromatic heterocycles. The highest BCUT2D eigenvalue weighted by Gasteiger charge is 2.30. The van der Waals surface area contributed by atoms with Gasteiger partial charge < -0.3 is 10.6 Å². The van der Waals surface area contributed by atoms with E-state index in [1.54, 1.807) is 13.0 Å². The molecular weight excluding hydrogens is 293 g/mol. The Bertz CT molecular complexity index is 510. The van der Waals surface area contributed by atoms with Crippen LogP contribution in [-0.2, 0) is 11.0 Å². The maximum absolute atomic E-state index is 12.7. The fraction of sp³-hybridized carbons (Fsp3) is 0.562. The summed E-state index contributed by atoms with van der Waals surface area (Å²) >= 11 is 0. The van der Waals surface area contributed by atoms with E-state index in [0.29, 0.717) is 17.9 Å². The number of rotatable bonds is 5. The van der Waals surface area contributed by atoms with E-state index < -0.39 is 17.8 Å². The van der Waals surface area contributed by atoms with E-state index in [0.717, 1.165) is 38.1 Å². The van der Waals surface area contributed by atoms with Crippen LogP contribution < -0.4 is 10.6 Å². The van der Waals surface area contributed by atoms with E-state index in [-0.39, 0.29) is 5.91 Å². The van der Waals surface area contributed by atoms with E-state index in [2.05, 4.69) is 10.6 Å². The lowest BCUT2D eigenvalue weighted by Crippen LogP contribution is -2.27. The van der Waals surface area contributed by atoms with Gasteiger partial charge in [0.15, 0.2) is 0 Å². The summed E-state index contributed by atoms with van der Waals surface area (Å²) < 4.78 is 38.1. The topological polar surface area (TPSA) is 41.1 Å². The molecule has 1 aliphatic heterocycles. The number of alkyl halides is 3. The van der Waals surface area contributed by atoms with Crippen LogP contribution in [0.4, 0.5) is 13.2 Å². The monoisotopic (exact) mass is 314 g/mol. The van der Waals surface area contributed by atoms with Crippen LogP contribution in [0.5, 0.6) is 0 Å². The quantitative estimate of drug-likeness (QED) is 0.876. The summed E-state index contributed by atoms with van der Waals surface area (Å²) in [5, 5.41) is 6.02. The van der Waals surface area contributed by atoms with Gasteiger partial charge in [0, 0.05) is 6.42 Å². The zero-order chi connectivity index (χ0) is 16.2. The zero-order valence-corrected chi connectivity index (χ0v) is 12.5. The standard InChI is InChI=1S/C16H21F3N2O/c1-11(13-3-2-4-14(9-13)16(17,18)19)21-15(22)6-5-12-7-8-20-10-12/h2-4,9,11-12,20H,5-8,10H2,1H3,(H,21,22). The number of carbonyl (C=O) groups excluding carboxylic acids is 1. The number of benzene rings is 1. The number of carbonyl (C=O) groups is 1. The van der Waals surface area contributed by atoms with Gasteiger partial charge in [0.2, 0.25) is 5.91 Å². The van der Waals surface area contributed by atoms with E-state index in [1.807, 2.05) is 0 Å². The molecule has 0 radical (unpaired) electrons. The molecule has 2 N–H and O–H groups in total. The fourth-order valence-electron chi connectivity index (χ4n) is 2.68. The maximum Gasteiger partial charge on any atom is 0.416 e. The van der Waals surface area contributed by atoms with Crippen molar-refractivity contribution < 1.29 is 18.0 Å². The average Bonchev–Trinajstić information content (AvgIpc) is 2.97. The van der Waals surface area contributed by atoms with E-state index >= 15 is 0 Å². The second-order valence-corrected chi connectivity index (χ2v) is 5.81. The summed E-state index contributed by atoms with van der Waals surface area (Å²) in [5.41, 5.74) is -0.228. The molecule has 122 valence electrons. The molecule has 2 atom stereocenters. The molecule has 0 bridgehead atoms. The van der Waals surface area contributed by atoms with Gasteiger partial charge >= 0.3 is 6.18 Å². The van der Waals surface area contributed by atoms with Crippen molar-refractivity contribution in [2.75, 3.05) is 13.1 Å². The number of amides is 1. The van der Waals surface area contributed by atoms with Crippen molar-refractivity contribution in [2.45, 2.75) is 38.4 Å². The highest BCUT2D eigenvalue weighted by molar-refractivity contribution is 5.76. The smallest absolute Gasteiger partial charge is 0.350 e. The molecule has 1 amide bonds. The molecule has 1 aromatic carbocycles. The lowest BCUT2D eigenvalue weighted by molar-refractivity contribution is -0.137. The largest absolute Gasteiger partial charge is 0.416 e. The van der Waals surface area contributed by atoms with Crippen molar-refractivity contribution in [3.05, 3.63) is 35.4 Å². The SMILES string of the molecule is CC(NC(=O)CCC1CCNC1)c1cccc(C(F)(F)F)c1. The van der Waals surface area contributed by atoms with Gasteiger partial charge in [0.1, 0.15) is 0 Å². The van der Waals surface area contributed by atoms with Crippen molar-refractivity contribution in [2.24, 2.45) is 5.92 Å². The minimum Gasteiger partial charge on any atom is -0.350 e. The molecule has 0 spiro atoms. The van der Waals surface area contributed by atoms with Crippen LogP contribution in [0.15, 0.2) is 24.3 Å². The summed E-state index contributed by atoms with van der Waals surface area (Å²) in [5.74, 6) is 0.409. The van der Waals surface area contributed by atoms with Gasteiger partial charge in [-0.15, -0.1) is 0 Å². The van der Waals surface area contributed by atoms with Gasteiger partial charge in [-0.05, 0) is 56.5 Å². The summed E-state index contributed by atoms with van der Waals surface area (Å²) in [4.78, 5) is 11.9. The average molecular weight is 314 g/mol. The first-order valence-electron chi connectivity index (χ1n) is 7.53. The zero-order valence-electron chi connectivity index (χ0n) is 12.5. The van der Waals surface area contributed by atoms with Crippen LogP contribution >= 0.6 is 0 Å². The van der Waals surface area contributed by atoms with E-state index in [9.17, 15) is 18.0 Å². The minimum atomic E-state index is -4.37. The Hall–Kier alpha value is -1.56. The van der Waals surface area contributed by atoms with Crippen LogP contribution in [0, 0.1) is 5.92 Å². The number of halogens is 3. The normalized spacial score (nSPS) is 19.9. The van der Waals surface area contributed by atoms with E-state index in [1.165, 1.54) is 6.07 Å². The van der Waals surface area contributed by atoms with Crippen LogP contribution in [0.1, 0.15) is 43.4 Å². The number of hydrogen-bond donors (Lipinski definition) is 2. The van der Waals surface area contributed by atoms with Gasteiger partial charge in [0.25, 0.3) is 0 Å². The number of hydrogen-bond acceptors (Lipinski definition) is 2. The molecule has 1 aromatic rings. The Morgan fingerprint density at radius 3 is 2.86 bits per heavy atom. The molecule has 1 saturated heterocycles. The first kappa shape index (κ1) is 16.8. The summed E-state index contributed by atoms with van der Waals surface area (Å²) in [6.07, 6.45) is -2.06. The summed E-state index contributed by atoms with van der Waals surface area (Å²) in [7, 11) is 0. The van der Waals surface area contributed by atoms with Gasteiger partial charge in [-0.2, -0.15) is 13.2 Å². The molecule has 22 heavy (non-hydrogen) atoms. The molecule has 1 aliphatic rings. The minimum absolute atomic E-state index is 0.114. The highest BCUT2D eigenvalue weighted by Crippen LogP contribution is 2.30. The summed E-state index contributed by atoms with van der Waals surface area (Å²) in [6.45, 7) is 3.63. The third kappa shape index (κ3) is 4.73. The van der Waals surface area contributed by atoms with Crippen LogP contribution in [-0.4, -0.2) is 19.0 Å². The van der Waals surface area contributed by atoms with E-state index in [4.69, 9.17) is 0 Å². The Morgan fingerprint density at radius 1 is 1.45 bits per heavy atom. The Labute approximate surface area is 128 Å². The third-order valence-corrected chi connectivity index (χ3v) is 4.03. The predicted molar refractivity (Wildman–Crippen MR) is 78.2 cm³/mol. The summed E-state index contributed by atoms with van der Waals surface area (Å²) in [6, 6.07) is 4.65. The lowest BCUT2D eigenvalue weighted by atomic mass is 10.0. The van der Waals surface area contributed by atoms with Gasteiger partial charge in [-0.3, -0.25) is 4.79 Å². The molecule has 2 rings (SSSR count). The molecule has 1 fully saturated rings. The molecule has 2 unspecified atom stereocenters. The van der Waals surface area contributed by atoms with Gasteiger partial charge in [-0.25, -0.2) is 0 Å². The lowest BCUT2D eigenvalue weighted by Gasteiger charge is -2.17. The van der Waals surface area contributed by atoms with Crippen molar-refractivity contribution in [1.82, 2.24) is 10.6 Å². The molecular formula is C16H21F3N2O. The first-order chi connectivity index (χ1) is 10.4. The number of nitrogens with one attached hydrogen (secondary N) is 2. The molecule has 6 heteroatoms. The van der Waals surface area contributed by atoms with Crippen molar-refractivity contribution in [1.29, 1.82) is 0 Å². The molecule has 1 heterocycles. The second kappa shape index (κ2) is 7.13. The molecule has 0 saturated carbocycles. The van der Waals surface area contributed by atoms with Crippen molar-refractivity contribution in [3.63, 3.8) is 0 Å². The van der Waals surface area contributed by atoms with Crippen molar-refractivity contribution >= 4 is 5.91 Å². The third-order valence-electron chi connectivity index (χ3n) is 4.03. The van der Waals surface area contributed by atoms with Crippen molar-refractivity contribution in [3.8, 4) is 0 Å². The second-order valence-electron chi connectivity index (χ2n) is 5.81. The Kier molecular flexibility index (Phi) is 5.45. The van der Waals surface area contributed by atoms with Crippen LogP contribution in [0.2, 0.25) is 0 Å². The Balaban J connectivity index is 1.88. The van der Waals surface area contributed by atoms with Crippen LogP contribution in [0.3, 0.4) is 0 Å². The predicted octanol–water partition coefficient (Wildman–Crippen LogP) is 3.27. The molecule has 0 aliphatic carbocycles. The highest BCUT2D eigenvalue weighted by atomic mass is 19.4. The van der Waals surface area contributed by atoms with Crippen LogP contribution in [0.25, 0.3) is 0 Å². The fourth-order valence-corrected chi connectivity index (χ4v) is 2.68. The Morgan fingerprint density at radius 2 is 2.23 bits per heavy atom. The first-order valence-corrected chi connectivity index (χ1v) is 7.53. The maximum atomic E-state index is 12.7.